The highest BCUT2D eigenvalue weighted by Crippen LogP contribution is 2.37. The van der Waals surface area contributed by atoms with Crippen molar-refractivity contribution in [2.45, 2.75) is 23.8 Å². The van der Waals surface area contributed by atoms with E-state index in [9.17, 15) is 4.79 Å². The summed E-state index contributed by atoms with van der Waals surface area (Å²) in [5.74, 6) is -0.160. The monoisotopic (exact) mass is 190 g/mol. The van der Waals surface area contributed by atoms with E-state index in [4.69, 9.17) is 9.47 Å². The van der Waals surface area contributed by atoms with E-state index in [2.05, 4.69) is 13.8 Å². The smallest absolute Gasteiger partial charge is 0.326 e. The molecule has 0 bridgehead atoms. The lowest BCUT2D eigenvalue weighted by atomic mass is 10.1. The van der Waals surface area contributed by atoms with E-state index >= 15 is 0 Å². The maximum absolute atomic E-state index is 11.3. The minimum atomic E-state index is -0.414. The molecule has 1 fully saturated rings. The van der Waals surface area contributed by atoms with Gasteiger partial charge in [-0.2, -0.15) is 0 Å². The molecule has 1 aliphatic heterocycles. The van der Waals surface area contributed by atoms with Crippen molar-refractivity contribution in [1.29, 1.82) is 0 Å². The lowest BCUT2D eigenvalue weighted by molar-refractivity contribution is -0.155. The summed E-state index contributed by atoms with van der Waals surface area (Å²) in [4.78, 5) is 11.3. The summed E-state index contributed by atoms with van der Waals surface area (Å²) >= 11 is 1.62. The zero-order chi connectivity index (χ0) is 9.19. The minimum absolute atomic E-state index is 0.160. The maximum atomic E-state index is 11.3. The van der Waals surface area contributed by atoms with E-state index in [1.54, 1.807) is 11.8 Å². The second-order valence-electron chi connectivity index (χ2n) is 3.15. The summed E-state index contributed by atoms with van der Waals surface area (Å²) in [6.07, 6.45) is 0. The van der Waals surface area contributed by atoms with Crippen LogP contribution >= 0.6 is 11.8 Å². The Bertz CT molecular complexity index is 175. The molecule has 1 rings (SSSR count). The highest BCUT2D eigenvalue weighted by molar-refractivity contribution is 8.02. The molecule has 1 aliphatic rings. The molecule has 3 nitrogen and oxygen atoms in total. The lowest BCUT2D eigenvalue weighted by Gasteiger charge is -2.38. The summed E-state index contributed by atoms with van der Waals surface area (Å²) in [6, 6.07) is 0. The second-order valence-corrected chi connectivity index (χ2v) is 5.11. The lowest BCUT2D eigenvalue weighted by Crippen LogP contribution is -2.54. The predicted octanol–water partition coefficient (Wildman–Crippen LogP) is 1.07. The van der Waals surface area contributed by atoms with Crippen LogP contribution in [0.25, 0.3) is 0 Å². The number of rotatable bonds is 3. The molecule has 0 radical (unpaired) electrons. The maximum Gasteiger partial charge on any atom is 0.326 e. The van der Waals surface area contributed by atoms with Crippen molar-refractivity contribution in [3.05, 3.63) is 0 Å². The van der Waals surface area contributed by atoms with Gasteiger partial charge in [-0.05, 0) is 0 Å². The number of ether oxygens (including phenoxy) is 2. The van der Waals surface area contributed by atoms with Gasteiger partial charge in [0.15, 0.2) is 4.75 Å². The first kappa shape index (κ1) is 9.86. The molecule has 1 heterocycles. The van der Waals surface area contributed by atoms with Crippen molar-refractivity contribution in [3.8, 4) is 0 Å². The van der Waals surface area contributed by atoms with Crippen LogP contribution in [0.1, 0.15) is 13.8 Å². The van der Waals surface area contributed by atoms with E-state index in [0.29, 0.717) is 18.5 Å². The fourth-order valence-corrected chi connectivity index (χ4v) is 2.54. The number of methoxy groups -OCH3 is 1. The largest absolute Gasteiger partial charge is 0.468 e. The fraction of sp³-hybridized carbons (Fsp3) is 0.875. The van der Waals surface area contributed by atoms with Crippen LogP contribution in [0.3, 0.4) is 0 Å². The standard InChI is InChI=1S/C8H14O3S/c1-6(2)12-8(4-11-5-8)7(9)10-3/h6H,4-5H2,1-3H3. The summed E-state index contributed by atoms with van der Waals surface area (Å²) in [5.41, 5.74) is 0. The Morgan fingerprint density at radius 2 is 2.17 bits per heavy atom. The Morgan fingerprint density at radius 3 is 2.42 bits per heavy atom. The van der Waals surface area contributed by atoms with Gasteiger partial charge in [-0.25, -0.2) is 0 Å². The van der Waals surface area contributed by atoms with Crippen molar-refractivity contribution in [1.82, 2.24) is 0 Å². The van der Waals surface area contributed by atoms with E-state index in [1.807, 2.05) is 0 Å². The number of carbonyl (C=O) groups is 1. The minimum Gasteiger partial charge on any atom is -0.468 e. The third-order valence-electron chi connectivity index (χ3n) is 1.69. The van der Waals surface area contributed by atoms with Gasteiger partial charge >= 0.3 is 5.97 Å². The van der Waals surface area contributed by atoms with Crippen molar-refractivity contribution in [2.24, 2.45) is 0 Å². The molecule has 0 aromatic rings. The average Bonchev–Trinajstić information content (AvgIpc) is 1.95. The second kappa shape index (κ2) is 3.66. The molecule has 0 unspecified atom stereocenters. The Morgan fingerprint density at radius 1 is 1.58 bits per heavy atom. The van der Waals surface area contributed by atoms with Crippen molar-refractivity contribution in [3.63, 3.8) is 0 Å². The number of thioether (sulfide) groups is 1. The van der Waals surface area contributed by atoms with Gasteiger partial charge in [0.1, 0.15) is 0 Å². The first-order chi connectivity index (χ1) is 5.60. The summed E-state index contributed by atoms with van der Waals surface area (Å²) in [6.45, 7) is 5.10. The molecule has 0 N–H and O–H groups in total. The topological polar surface area (TPSA) is 35.5 Å². The molecule has 12 heavy (non-hydrogen) atoms. The van der Waals surface area contributed by atoms with Crippen molar-refractivity contribution < 1.29 is 14.3 Å². The van der Waals surface area contributed by atoms with Crippen LogP contribution in [0.15, 0.2) is 0 Å². The highest BCUT2D eigenvalue weighted by atomic mass is 32.2. The Labute approximate surface area is 76.8 Å². The molecule has 0 saturated carbocycles. The van der Waals surface area contributed by atoms with Crippen LogP contribution in [0.2, 0.25) is 0 Å². The van der Waals surface area contributed by atoms with Gasteiger partial charge < -0.3 is 9.47 Å². The van der Waals surface area contributed by atoms with Gasteiger partial charge in [-0.15, -0.1) is 11.8 Å². The molecular formula is C8H14O3S. The first-order valence-corrected chi connectivity index (χ1v) is 4.83. The molecule has 0 amide bonds. The van der Waals surface area contributed by atoms with Gasteiger partial charge in [0.05, 0.1) is 20.3 Å². The Hall–Kier alpha value is -0.220. The van der Waals surface area contributed by atoms with Gasteiger partial charge in [0.2, 0.25) is 0 Å². The summed E-state index contributed by atoms with van der Waals surface area (Å²) in [5, 5.41) is 0.424. The molecule has 4 heteroatoms. The number of hydrogen-bond acceptors (Lipinski definition) is 4. The quantitative estimate of drug-likeness (QED) is 0.624. The fourth-order valence-electron chi connectivity index (χ4n) is 1.16. The molecule has 0 spiro atoms. The predicted molar refractivity (Wildman–Crippen MR) is 48.3 cm³/mol. The van der Waals surface area contributed by atoms with Crippen LogP contribution in [-0.4, -0.2) is 36.3 Å². The van der Waals surface area contributed by atoms with Crippen molar-refractivity contribution >= 4 is 17.7 Å². The normalized spacial score (nSPS) is 20.3. The zero-order valence-corrected chi connectivity index (χ0v) is 8.44. The first-order valence-electron chi connectivity index (χ1n) is 3.95. The van der Waals surface area contributed by atoms with Crippen LogP contribution in [0.5, 0.6) is 0 Å². The third kappa shape index (κ3) is 1.75. The van der Waals surface area contributed by atoms with Gasteiger partial charge in [-0.1, -0.05) is 13.8 Å². The van der Waals surface area contributed by atoms with Crippen molar-refractivity contribution in [2.75, 3.05) is 20.3 Å². The highest BCUT2D eigenvalue weighted by Gasteiger charge is 2.48. The summed E-state index contributed by atoms with van der Waals surface area (Å²) in [7, 11) is 1.42. The van der Waals surface area contributed by atoms with Crippen LogP contribution in [-0.2, 0) is 14.3 Å². The molecule has 0 atom stereocenters. The number of esters is 1. The average molecular weight is 190 g/mol. The van der Waals surface area contributed by atoms with Gasteiger partial charge in [0.25, 0.3) is 0 Å². The zero-order valence-electron chi connectivity index (χ0n) is 7.62. The molecule has 0 aromatic heterocycles. The van der Waals surface area contributed by atoms with Crippen LogP contribution < -0.4 is 0 Å². The van der Waals surface area contributed by atoms with E-state index in [0.717, 1.165) is 0 Å². The molecule has 0 aromatic carbocycles. The Kier molecular flexibility index (Phi) is 3.01. The van der Waals surface area contributed by atoms with Crippen LogP contribution in [0, 0.1) is 0 Å². The summed E-state index contributed by atoms with van der Waals surface area (Å²) < 4.78 is 9.35. The van der Waals surface area contributed by atoms with Gasteiger partial charge in [0, 0.05) is 5.25 Å². The van der Waals surface area contributed by atoms with Gasteiger partial charge in [-0.3, -0.25) is 4.79 Å². The molecule has 1 saturated heterocycles. The molecular weight excluding hydrogens is 176 g/mol. The van der Waals surface area contributed by atoms with Crippen LogP contribution in [0.4, 0.5) is 0 Å². The van der Waals surface area contributed by atoms with E-state index < -0.39 is 4.75 Å². The van der Waals surface area contributed by atoms with E-state index in [-0.39, 0.29) is 5.97 Å². The third-order valence-corrected chi connectivity index (χ3v) is 3.01. The SMILES string of the molecule is COC(=O)C1(SC(C)C)COC1. The van der Waals surface area contributed by atoms with E-state index in [1.165, 1.54) is 7.11 Å². The number of hydrogen-bond donors (Lipinski definition) is 0. The molecule has 0 aliphatic carbocycles. The number of carbonyl (C=O) groups excluding carboxylic acids is 1. The Balaban J connectivity index is 2.56. The molecule has 70 valence electrons.